The molecule has 0 bridgehead atoms. The summed E-state index contributed by atoms with van der Waals surface area (Å²) in [6.07, 6.45) is 5.42. The molecule has 1 N–H and O–H groups in total. The van der Waals surface area contributed by atoms with Crippen LogP contribution in [0.2, 0.25) is 0 Å². The van der Waals surface area contributed by atoms with Crippen LogP contribution in [0.25, 0.3) is 6.08 Å². The average molecular weight is 583 g/mol. The van der Waals surface area contributed by atoms with E-state index in [1.54, 1.807) is 61.7 Å². The number of para-hydroxylation sites is 2. The molecule has 4 aromatic carbocycles. The van der Waals surface area contributed by atoms with Crippen LogP contribution in [0, 0.1) is 5.92 Å². The molecule has 1 spiro atoms. The van der Waals surface area contributed by atoms with E-state index < -0.39 is 23.4 Å². The molecule has 3 aliphatic heterocycles. The standard InChI is InChI=1S/C37H30N2O5/c1-3-22-44-30-15-9-6-12-27(30)34(41)31-32(33(40)24-16-18-25(43-2)19-17-24)39-21-20-23-10-4-5-11-26(23)35(39)37(31)28-13-7-8-14-29(28)38-36(37)42/h3-21,31-32,35H,1,22H2,2H3,(H,38,42)/t31-,32-,35-,37+/m1/s1. The van der Waals surface area contributed by atoms with Crippen molar-refractivity contribution in [1.82, 2.24) is 4.90 Å². The third-order valence-corrected chi connectivity index (χ3v) is 9.01. The van der Waals surface area contributed by atoms with Crippen LogP contribution in [0.3, 0.4) is 0 Å². The Balaban J connectivity index is 1.51. The number of anilines is 1. The lowest BCUT2D eigenvalue weighted by Gasteiger charge is -2.38. The molecule has 218 valence electrons. The van der Waals surface area contributed by atoms with Crippen LogP contribution >= 0.6 is 0 Å². The van der Waals surface area contributed by atoms with Gasteiger partial charge < -0.3 is 19.7 Å². The van der Waals surface area contributed by atoms with Crippen molar-refractivity contribution in [2.75, 3.05) is 19.0 Å². The minimum atomic E-state index is -1.42. The number of benzene rings is 4. The number of hydrogen-bond acceptors (Lipinski definition) is 6. The Morgan fingerprint density at radius 2 is 1.66 bits per heavy atom. The number of amides is 1. The Morgan fingerprint density at radius 3 is 2.45 bits per heavy atom. The predicted octanol–water partition coefficient (Wildman–Crippen LogP) is 6.24. The van der Waals surface area contributed by atoms with Crippen molar-refractivity contribution in [2.24, 2.45) is 5.92 Å². The third kappa shape index (κ3) is 3.93. The van der Waals surface area contributed by atoms with Crippen molar-refractivity contribution in [2.45, 2.75) is 17.5 Å². The summed E-state index contributed by atoms with van der Waals surface area (Å²) in [5, 5.41) is 3.08. The fourth-order valence-corrected chi connectivity index (χ4v) is 7.21. The summed E-state index contributed by atoms with van der Waals surface area (Å²) in [5.74, 6) is -1.04. The Kier molecular flexibility index (Phi) is 6.66. The zero-order chi connectivity index (χ0) is 30.4. The van der Waals surface area contributed by atoms with Gasteiger partial charge in [0.1, 0.15) is 29.6 Å². The molecule has 4 aromatic rings. The molecule has 1 saturated heterocycles. The van der Waals surface area contributed by atoms with Crippen LogP contribution in [0.15, 0.2) is 116 Å². The van der Waals surface area contributed by atoms with E-state index in [4.69, 9.17) is 9.47 Å². The van der Waals surface area contributed by atoms with E-state index in [0.717, 1.165) is 11.1 Å². The molecular formula is C37H30N2O5. The van der Waals surface area contributed by atoms with Gasteiger partial charge in [-0.15, -0.1) is 0 Å². The highest BCUT2D eigenvalue weighted by molar-refractivity contribution is 6.17. The van der Waals surface area contributed by atoms with E-state index >= 15 is 4.79 Å². The number of carbonyl (C=O) groups is 3. The van der Waals surface area contributed by atoms with Gasteiger partial charge in [-0.2, -0.15) is 0 Å². The smallest absolute Gasteiger partial charge is 0.238 e. The first-order valence-corrected chi connectivity index (χ1v) is 14.5. The zero-order valence-electron chi connectivity index (χ0n) is 24.1. The van der Waals surface area contributed by atoms with E-state index in [1.807, 2.05) is 65.7 Å². The van der Waals surface area contributed by atoms with Gasteiger partial charge in [0.2, 0.25) is 5.91 Å². The number of Topliss-reactive ketones (excluding diaryl/α,β-unsaturated/α-hetero) is 2. The molecule has 7 heteroatoms. The van der Waals surface area contributed by atoms with Gasteiger partial charge in [0.15, 0.2) is 11.6 Å². The van der Waals surface area contributed by atoms with Gasteiger partial charge in [-0.3, -0.25) is 14.4 Å². The first-order chi connectivity index (χ1) is 21.5. The highest BCUT2D eigenvalue weighted by Gasteiger charge is 2.70. The average Bonchev–Trinajstić information content (AvgIpc) is 3.55. The van der Waals surface area contributed by atoms with Crippen molar-refractivity contribution in [3.63, 3.8) is 0 Å². The topological polar surface area (TPSA) is 84.9 Å². The van der Waals surface area contributed by atoms with Gasteiger partial charge in [-0.05, 0) is 65.2 Å². The lowest BCUT2D eigenvalue weighted by molar-refractivity contribution is -0.122. The van der Waals surface area contributed by atoms with Gasteiger partial charge in [-0.1, -0.05) is 67.3 Å². The second kappa shape index (κ2) is 10.7. The lowest BCUT2D eigenvalue weighted by atomic mass is 9.62. The van der Waals surface area contributed by atoms with E-state index in [9.17, 15) is 9.59 Å². The number of nitrogens with zero attached hydrogens (tertiary/aromatic N) is 1. The molecule has 44 heavy (non-hydrogen) atoms. The summed E-state index contributed by atoms with van der Waals surface area (Å²) in [4.78, 5) is 46.4. The molecule has 0 aromatic heterocycles. The van der Waals surface area contributed by atoms with Crippen molar-refractivity contribution < 1.29 is 23.9 Å². The van der Waals surface area contributed by atoms with Gasteiger partial charge >= 0.3 is 0 Å². The molecule has 1 fully saturated rings. The number of nitrogens with one attached hydrogen (secondary N) is 1. The maximum atomic E-state index is 15.1. The number of fused-ring (bicyclic) bond motifs is 6. The van der Waals surface area contributed by atoms with Crippen LogP contribution in [0.1, 0.15) is 43.4 Å². The predicted molar refractivity (Wildman–Crippen MR) is 168 cm³/mol. The summed E-state index contributed by atoms with van der Waals surface area (Å²) < 4.78 is 11.3. The number of carbonyl (C=O) groups excluding carboxylic acids is 3. The fraction of sp³-hybridized carbons (Fsp3) is 0.162. The molecule has 0 aliphatic carbocycles. The van der Waals surface area contributed by atoms with Crippen LogP contribution in [0.4, 0.5) is 5.69 Å². The molecule has 0 radical (unpaired) electrons. The quantitative estimate of drug-likeness (QED) is 0.196. The van der Waals surface area contributed by atoms with Gasteiger partial charge in [0.25, 0.3) is 0 Å². The fourth-order valence-electron chi connectivity index (χ4n) is 7.21. The summed E-state index contributed by atoms with van der Waals surface area (Å²) in [5.41, 5.74) is 2.44. The van der Waals surface area contributed by atoms with Crippen LogP contribution in [-0.4, -0.2) is 42.1 Å². The summed E-state index contributed by atoms with van der Waals surface area (Å²) in [6, 6.07) is 27.5. The maximum absolute atomic E-state index is 15.1. The number of rotatable bonds is 8. The molecule has 7 rings (SSSR count). The van der Waals surface area contributed by atoms with Crippen molar-refractivity contribution in [1.29, 1.82) is 0 Å². The molecule has 1 amide bonds. The Hall–Kier alpha value is -5.43. The molecular weight excluding hydrogens is 552 g/mol. The Labute approximate surface area is 255 Å². The van der Waals surface area contributed by atoms with Gasteiger partial charge in [0.05, 0.1) is 24.6 Å². The first kappa shape index (κ1) is 27.4. The monoisotopic (exact) mass is 582 g/mol. The van der Waals surface area contributed by atoms with E-state index in [0.29, 0.717) is 33.9 Å². The van der Waals surface area contributed by atoms with E-state index in [-0.39, 0.29) is 24.1 Å². The molecule has 0 saturated carbocycles. The molecule has 3 aliphatic rings. The first-order valence-electron chi connectivity index (χ1n) is 14.5. The van der Waals surface area contributed by atoms with Gasteiger partial charge in [0, 0.05) is 17.5 Å². The Bertz CT molecular complexity index is 1840. The van der Waals surface area contributed by atoms with Crippen molar-refractivity contribution in [3.8, 4) is 11.5 Å². The highest BCUT2D eigenvalue weighted by atomic mass is 16.5. The minimum Gasteiger partial charge on any atom is -0.497 e. The molecule has 0 unspecified atom stereocenters. The number of ether oxygens (including phenoxy) is 2. The third-order valence-electron chi connectivity index (χ3n) is 9.01. The normalized spacial score (nSPS) is 22.5. The van der Waals surface area contributed by atoms with Crippen LogP contribution < -0.4 is 14.8 Å². The lowest BCUT2D eigenvalue weighted by Crippen LogP contribution is -2.49. The summed E-state index contributed by atoms with van der Waals surface area (Å²) >= 11 is 0. The second-order valence-corrected chi connectivity index (χ2v) is 11.1. The molecule has 3 heterocycles. The second-order valence-electron chi connectivity index (χ2n) is 11.1. The van der Waals surface area contributed by atoms with E-state index in [1.165, 1.54) is 0 Å². The minimum absolute atomic E-state index is 0.197. The van der Waals surface area contributed by atoms with Gasteiger partial charge in [-0.25, -0.2) is 0 Å². The number of ketones is 2. The maximum Gasteiger partial charge on any atom is 0.238 e. The zero-order valence-corrected chi connectivity index (χ0v) is 24.1. The highest BCUT2D eigenvalue weighted by Crippen LogP contribution is 2.62. The largest absolute Gasteiger partial charge is 0.497 e. The van der Waals surface area contributed by atoms with E-state index in [2.05, 4.69) is 11.9 Å². The van der Waals surface area contributed by atoms with Crippen molar-refractivity contribution >= 4 is 29.2 Å². The number of methoxy groups -OCH3 is 1. The van der Waals surface area contributed by atoms with Crippen LogP contribution in [-0.2, 0) is 10.2 Å². The summed E-state index contributed by atoms with van der Waals surface area (Å²) in [6.45, 7) is 3.94. The summed E-state index contributed by atoms with van der Waals surface area (Å²) in [7, 11) is 1.56. The number of hydrogen-bond donors (Lipinski definition) is 1. The molecule has 4 atom stereocenters. The van der Waals surface area contributed by atoms with Crippen molar-refractivity contribution in [3.05, 3.63) is 144 Å². The molecule has 7 nitrogen and oxygen atoms in total. The Morgan fingerprint density at radius 1 is 0.932 bits per heavy atom. The SMILES string of the molecule is C=CCOc1ccccc1C(=O)[C@H]1[C@H](C(=O)c2ccc(OC)cc2)N2C=Cc3ccccc3[C@@H]2[C@@]12C(=O)Nc1ccccc12. The van der Waals surface area contributed by atoms with Crippen LogP contribution in [0.5, 0.6) is 11.5 Å².